The predicted octanol–water partition coefficient (Wildman–Crippen LogP) is 6.74. The molecule has 3 aromatic carbocycles. The van der Waals surface area contributed by atoms with Crippen molar-refractivity contribution < 1.29 is 32.6 Å². The molecule has 1 aliphatic heterocycles. The highest BCUT2D eigenvalue weighted by Gasteiger charge is 2.37. The number of nitrogens with zero attached hydrogens (tertiary/aromatic N) is 3. The number of hydrazine groups is 1. The zero-order valence-electron chi connectivity index (χ0n) is 25.7. The molecule has 0 saturated carbocycles. The minimum atomic E-state index is -1.04. The number of amides is 3. The number of nitrogens with one attached hydrogen (secondary N) is 2. The lowest BCUT2D eigenvalue weighted by Gasteiger charge is -2.25. The standard InChI is InChI=1S/C33H35F2N5O5S/c1-4-39(5-2)16-7-17-44-29-19-26-23(18-28(29)43-3)27(14-15-36-26)45-22-12-10-21(11-13-22)37-33(42)38-40-30(41)20-46-32(40)31-24(34)8-6-9-25(31)35/h6,8-15,18-19,32H,4-5,7,16-17,20H2,1-3H3,(H2,37,38,42). The summed E-state index contributed by atoms with van der Waals surface area (Å²) in [6.45, 7) is 7.78. The largest absolute Gasteiger partial charge is 0.493 e. The number of urea groups is 1. The molecule has 5 rings (SSSR count). The Kier molecular flexibility index (Phi) is 10.8. The SMILES string of the molecule is CCN(CC)CCCOc1cc2nccc(Oc3ccc(NC(=O)NN4C(=O)CSC4c4c(F)cccc4F)cc3)c2cc1OC. The van der Waals surface area contributed by atoms with E-state index in [2.05, 4.69) is 34.5 Å². The first-order valence-electron chi connectivity index (χ1n) is 14.9. The predicted molar refractivity (Wildman–Crippen MR) is 173 cm³/mol. The van der Waals surface area contributed by atoms with E-state index in [9.17, 15) is 18.4 Å². The molecular weight excluding hydrogens is 616 g/mol. The van der Waals surface area contributed by atoms with Crippen molar-refractivity contribution in [2.24, 2.45) is 0 Å². The van der Waals surface area contributed by atoms with Gasteiger partial charge in [-0.15, -0.1) is 11.8 Å². The van der Waals surface area contributed by atoms with Gasteiger partial charge in [-0.3, -0.25) is 9.78 Å². The summed E-state index contributed by atoms with van der Waals surface area (Å²) in [5.41, 5.74) is 3.20. The smallest absolute Gasteiger partial charge is 0.338 e. The average Bonchev–Trinajstić information content (AvgIpc) is 3.40. The number of hydrogen-bond acceptors (Lipinski definition) is 8. The molecule has 13 heteroatoms. The fourth-order valence-corrected chi connectivity index (χ4v) is 6.16. The van der Waals surface area contributed by atoms with Crippen LogP contribution < -0.4 is 25.0 Å². The van der Waals surface area contributed by atoms with E-state index in [0.717, 1.165) is 60.3 Å². The Bertz CT molecular complexity index is 1670. The minimum absolute atomic E-state index is 0.0361. The van der Waals surface area contributed by atoms with Crippen molar-refractivity contribution in [3.63, 3.8) is 0 Å². The van der Waals surface area contributed by atoms with Crippen LogP contribution in [0.4, 0.5) is 19.3 Å². The maximum Gasteiger partial charge on any atom is 0.338 e. The van der Waals surface area contributed by atoms with Gasteiger partial charge in [-0.2, -0.15) is 0 Å². The van der Waals surface area contributed by atoms with Gasteiger partial charge in [0.25, 0.3) is 5.91 Å². The van der Waals surface area contributed by atoms with Crippen LogP contribution in [0, 0.1) is 11.6 Å². The fraction of sp³-hybridized carbons (Fsp3) is 0.303. The quantitative estimate of drug-likeness (QED) is 0.153. The van der Waals surface area contributed by atoms with Gasteiger partial charge in [0.15, 0.2) is 11.5 Å². The number of halogens is 2. The Labute approximate surface area is 270 Å². The Morgan fingerprint density at radius 3 is 2.48 bits per heavy atom. The number of rotatable bonds is 13. The van der Waals surface area contributed by atoms with Crippen LogP contribution in [0.15, 0.2) is 66.9 Å². The van der Waals surface area contributed by atoms with Crippen LogP contribution in [0.25, 0.3) is 10.9 Å². The second-order valence-corrected chi connectivity index (χ2v) is 11.4. The van der Waals surface area contributed by atoms with Crippen LogP contribution in [0.3, 0.4) is 0 Å². The van der Waals surface area contributed by atoms with Gasteiger partial charge in [0, 0.05) is 29.9 Å². The van der Waals surface area contributed by atoms with E-state index in [-0.39, 0.29) is 11.3 Å². The summed E-state index contributed by atoms with van der Waals surface area (Å²) in [5, 5.41) is 3.25. The molecule has 2 N–H and O–H groups in total. The zero-order chi connectivity index (χ0) is 32.6. The van der Waals surface area contributed by atoms with E-state index in [1.165, 1.54) is 6.07 Å². The van der Waals surface area contributed by atoms with Gasteiger partial charge >= 0.3 is 6.03 Å². The fourth-order valence-electron chi connectivity index (χ4n) is 5.01. The molecule has 1 unspecified atom stereocenters. The van der Waals surface area contributed by atoms with Crippen molar-refractivity contribution in [3.8, 4) is 23.0 Å². The van der Waals surface area contributed by atoms with Gasteiger partial charge in [-0.05, 0) is 68.0 Å². The van der Waals surface area contributed by atoms with Crippen LogP contribution in [0.1, 0.15) is 31.2 Å². The molecule has 0 bridgehead atoms. The molecule has 242 valence electrons. The number of anilines is 1. The summed E-state index contributed by atoms with van der Waals surface area (Å²) < 4.78 is 46.5. The Balaban J connectivity index is 1.22. The summed E-state index contributed by atoms with van der Waals surface area (Å²) in [6.07, 6.45) is 2.53. The molecule has 3 amide bonds. The van der Waals surface area contributed by atoms with E-state index >= 15 is 0 Å². The Morgan fingerprint density at radius 2 is 1.78 bits per heavy atom. The number of pyridine rings is 1. The molecular formula is C33H35F2N5O5S. The maximum absolute atomic E-state index is 14.4. The number of carbonyl (C=O) groups is 2. The number of carbonyl (C=O) groups excluding carboxylic acids is 2. The number of fused-ring (bicyclic) bond motifs is 1. The molecule has 10 nitrogen and oxygen atoms in total. The summed E-state index contributed by atoms with van der Waals surface area (Å²) >= 11 is 1.02. The lowest BCUT2D eigenvalue weighted by atomic mass is 10.1. The second kappa shape index (κ2) is 15.1. The van der Waals surface area contributed by atoms with Gasteiger partial charge in [-0.1, -0.05) is 19.9 Å². The van der Waals surface area contributed by atoms with Crippen LogP contribution in [0.2, 0.25) is 0 Å². The van der Waals surface area contributed by atoms with Crippen LogP contribution in [0.5, 0.6) is 23.0 Å². The molecule has 1 fully saturated rings. The molecule has 1 atom stereocenters. The molecule has 0 radical (unpaired) electrons. The van der Waals surface area contributed by atoms with Crippen LogP contribution in [-0.4, -0.2) is 65.9 Å². The molecule has 4 aromatic rings. The highest BCUT2D eigenvalue weighted by molar-refractivity contribution is 8.00. The van der Waals surface area contributed by atoms with Crippen LogP contribution >= 0.6 is 11.8 Å². The number of thioether (sulfide) groups is 1. The van der Waals surface area contributed by atoms with Gasteiger partial charge in [0.05, 0.1) is 30.5 Å². The number of hydrogen-bond donors (Lipinski definition) is 2. The van der Waals surface area contributed by atoms with Gasteiger partial charge < -0.3 is 24.4 Å². The first-order chi connectivity index (χ1) is 22.3. The summed E-state index contributed by atoms with van der Waals surface area (Å²) in [6, 6.07) is 14.7. The maximum atomic E-state index is 14.4. The first-order valence-corrected chi connectivity index (χ1v) is 15.9. The number of ether oxygens (including phenoxy) is 3. The summed E-state index contributed by atoms with van der Waals surface area (Å²) in [7, 11) is 1.58. The van der Waals surface area contributed by atoms with E-state index < -0.39 is 28.9 Å². The van der Waals surface area contributed by atoms with E-state index in [1.54, 1.807) is 43.6 Å². The Morgan fingerprint density at radius 1 is 1.04 bits per heavy atom. The third-order valence-electron chi connectivity index (χ3n) is 7.43. The lowest BCUT2D eigenvalue weighted by molar-refractivity contribution is -0.130. The van der Waals surface area contributed by atoms with Gasteiger partial charge in [-0.25, -0.2) is 24.0 Å². The molecule has 1 aliphatic rings. The third kappa shape index (κ3) is 7.60. The van der Waals surface area contributed by atoms with Crippen molar-refractivity contribution in [1.82, 2.24) is 20.3 Å². The lowest BCUT2D eigenvalue weighted by Crippen LogP contribution is -2.46. The van der Waals surface area contributed by atoms with Crippen molar-refractivity contribution >= 4 is 40.3 Å². The second-order valence-electron chi connectivity index (χ2n) is 10.3. The third-order valence-corrected chi connectivity index (χ3v) is 8.61. The van der Waals surface area contributed by atoms with Crippen molar-refractivity contribution in [3.05, 3.63) is 84.1 Å². The number of methoxy groups -OCH3 is 1. The summed E-state index contributed by atoms with van der Waals surface area (Å²) in [4.78, 5) is 32.0. The van der Waals surface area contributed by atoms with E-state index in [4.69, 9.17) is 14.2 Å². The molecule has 0 aliphatic carbocycles. The van der Waals surface area contributed by atoms with E-state index in [1.807, 2.05) is 12.1 Å². The van der Waals surface area contributed by atoms with Crippen molar-refractivity contribution in [2.45, 2.75) is 25.6 Å². The van der Waals surface area contributed by atoms with Crippen LogP contribution in [-0.2, 0) is 4.79 Å². The van der Waals surface area contributed by atoms with E-state index in [0.29, 0.717) is 40.8 Å². The monoisotopic (exact) mass is 651 g/mol. The average molecular weight is 652 g/mol. The molecule has 0 spiro atoms. The molecule has 46 heavy (non-hydrogen) atoms. The molecule has 2 heterocycles. The summed E-state index contributed by atoms with van der Waals surface area (Å²) in [5.74, 6) is 0.0942. The minimum Gasteiger partial charge on any atom is -0.493 e. The normalized spacial score (nSPS) is 14.5. The Hall–Kier alpha value is -4.62. The van der Waals surface area contributed by atoms with Gasteiger partial charge in [0.1, 0.15) is 28.5 Å². The van der Waals surface area contributed by atoms with Crippen molar-refractivity contribution in [2.75, 3.05) is 44.4 Å². The topological polar surface area (TPSA) is 105 Å². The number of aromatic nitrogens is 1. The highest BCUT2D eigenvalue weighted by atomic mass is 32.2. The molecule has 1 saturated heterocycles. The zero-order valence-corrected chi connectivity index (χ0v) is 26.5. The highest BCUT2D eigenvalue weighted by Crippen LogP contribution is 2.40. The number of benzene rings is 3. The van der Waals surface area contributed by atoms with Gasteiger partial charge in [0.2, 0.25) is 0 Å². The first kappa shape index (κ1) is 32.8. The molecule has 1 aromatic heterocycles. The van der Waals surface area contributed by atoms with Crippen molar-refractivity contribution in [1.29, 1.82) is 0 Å².